The first-order valence-electron chi connectivity index (χ1n) is 5.47. The minimum Gasteiger partial charge on any atom is -0.481 e. The van der Waals surface area contributed by atoms with E-state index in [2.05, 4.69) is 5.32 Å². The molecule has 1 atom stereocenters. The van der Waals surface area contributed by atoms with Gasteiger partial charge in [-0.15, -0.1) is 0 Å². The number of carbonyl (C=O) groups excluding carboxylic acids is 1. The number of aliphatic carboxylic acids is 1. The molecular weight excluding hydrogens is 222 g/mol. The number of hydrogen-bond donors (Lipinski definition) is 2. The van der Waals surface area contributed by atoms with Crippen LogP contribution in [-0.2, 0) is 4.79 Å². The predicted octanol–water partition coefficient (Wildman–Crippen LogP) is 1.74. The highest BCUT2D eigenvalue weighted by atomic mass is 16.4. The number of carbonyl (C=O) groups is 2. The first-order chi connectivity index (χ1) is 7.90. The summed E-state index contributed by atoms with van der Waals surface area (Å²) in [6.07, 6.45) is 0.0453. The average Bonchev–Trinajstić information content (AvgIpc) is 2.53. The lowest BCUT2D eigenvalue weighted by molar-refractivity contribution is -0.137. The first kappa shape index (κ1) is 13.3. The number of nitrogens with one attached hydrogen (secondary N) is 1. The Morgan fingerprint density at radius 2 is 2.12 bits per heavy atom. The third kappa shape index (κ3) is 3.94. The van der Waals surface area contributed by atoms with Crippen LogP contribution in [0.25, 0.3) is 0 Å². The van der Waals surface area contributed by atoms with Crippen molar-refractivity contribution >= 4 is 11.9 Å². The standard InChI is InChI=1S/C12H17NO4/c1-7(4-11(14)15)6-13-12(16)10-5-8(2)17-9(10)3/h5,7H,4,6H2,1-3H3,(H,13,16)(H,14,15). The van der Waals surface area contributed by atoms with Crippen LogP contribution in [0.2, 0.25) is 0 Å². The zero-order valence-electron chi connectivity index (χ0n) is 10.2. The van der Waals surface area contributed by atoms with Gasteiger partial charge in [0.05, 0.1) is 5.56 Å². The van der Waals surface area contributed by atoms with Crippen molar-refractivity contribution in [1.29, 1.82) is 0 Å². The van der Waals surface area contributed by atoms with E-state index in [4.69, 9.17) is 9.52 Å². The number of carboxylic acid groups (broad SMARTS) is 1. The zero-order valence-corrected chi connectivity index (χ0v) is 10.2. The fourth-order valence-electron chi connectivity index (χ4n) is 1.59. The largest absolute Gasteiger partial charge is 0.481 e. The summed E-state index contributed by atoms with van der Waals surface area (Å²) in [4.78, 5) is 22.2. The van der Waals surface area contributed by atoms with Crippen LogP contribution in [0.4, 0.5) is 0 Å². The number of furan rings is 1. The average molecular weight is 239 g/mol. The minimum absolute atomic E-state index is 0.0453. The van der Waals surface area contributed by atoms with E-state index in [-0.39, 0.29) is 18.2 Å². The third-order valence-electron chi connectivity index (χ3n) is 2.42. The van der Waals surface area contributed by atoms with Crippen LogP contribution in [0.5, 0.6) is 0 Å². The second-order valence-electron chi connectivity index (χ2n) is 4.24. The van der Waals surface area contributed by atoms with Crippen molar-refractivity contribution < 1.29 is 19.1 Å². The van der Waals surface area contributed by atoms with Gasteiger partial charge in [-0.2, -0.15) is 0 Å². The maximum atomic E-state index is 11.8. The second kappa shape index (κ2) is 5.52. The second-order valence-corrected chi connectivity index (χ2v) is 4.24. The van der Waals surface area contributed by atoms with Crippen molar-refractivity contribution in [3.8, 4) is 0 Å². The summed E-state index contributed by atoms with van der Waals surface area (Å²) in [5.74, 6) is 0.0838. The first-order valence-corrected chi connectivity index (χ1v) is 5.47. The molecule has 0 aromatic carbocycles. The van der Waals surface area contributed by atoms with Crippen LogP contribution in [0.3, 0.4) is 0 Å². The molecule has 0 saturated carbocycles. The van der Waals surface area contributed by atoms with Gasteiger partial charge in [0.15, 0.2) is 0 Å². The summed E-state index contributed by atoms with van der Waals surface area (Å²) in [6.45, 7) is 5.62. The maximum absolute atomic E-state index is 11.8. The summed E-state index contributed by atoms with van der Waals surface area (Å²) < 4.78 is 5.25. The molecule has 1 aromatic rings. The molecule has 94 valence electrons. The Hall–Kier alpha value is -1.78. The van der Waals surface area contributed by atoms with Crippen molar-refractivity contribution in [1.82, 2.24) is 5.32 Å². The van der Waals surface area contributed by atoms with Crippen LogP contribution in [0.15, 0.2) is 10.5 Å². The van der Waals surface area contributed by atoms with Crippen molar-refractivity contribution in [3.63, 3.8) is 0 Å². The Labute approximate surface area is 99.8 Å². The fourth-order valence-corrected chi connectivity index (χ4v) is 1.59. The van der Waals surface area contributed by atoms with E-state index in [1.807, 2.05) is 0 Å². The third-order valence-corrected chi connectivity index (χ3v) is 2.42. The number of amides is 1. The van der Waals surface area contributed by atoms with E-state index in [1.165, 1.54) is 0 Å². The summed E-state index contributed by atoms with van der Waals surface area (Å²) in [5.41, 5.74) is 0.505. The Morgan fingerprint density at radius 3 is 2.59 bits per heavy atom. The topological polar surface area (TPSA) is 79.5 Å². The van der Waals surface area contributed by atoms with Gasteiger partial charge in [0.25, 0.3) is 5.91 Å². The smallest absolute Gasteiger partial charge is 0.303 e. The molecule has 1 unspecified atom stereocenters. The van der Waals surface area contributed by atoms with Gasteiger partial charge < -0.3 is 14.8 Å². The van der Waals surface area contributed by atoms with E-state index < -0.39 is 5.97 Å². The van der Waals surface area contributed by atoms with E-state index in [9.17, 15) is 9.59 Å². The highest BCUT2D eigenvalue weighted by Gasteiger charge is 2.14. The molecule has 1 aromatic heterocycles. The Morgan fingerprint density at radius 1 is 1.47 bits per heavy atom. The molecule has 0 radical (unpaired) electrons. The lowest BCUT2D eigenvalue weighted by Crippen LogP contribution is -2.29. The molecule has 2 N–H and O–H groups in total. The molecule has 17 heavy (non-hydrogen) atoms. The SMILES string of the molecule is Cc1cc(C(=O)NCC(C)CC(=O)O)c(C)o1. The Kier molecular flexibility index (Phi) is 4.31. The van der Waals surface area contributed by atoms with Crippen molar-refractivity contribution in [2.45, 2.75) is 27.2 Å². The van der Waals surface area contributed by atoms with Gasteiger partial charge >= 0.3 is 5.97 Å². The van der Waals surface area contributed by atoms with Gasteiger partial charge in [0.2, 0.25) is 0 Å². The van der Waals surface area contributed by atoms with E-state index in [0.29, 0.717) is 23.6 Å². The normalized spacial score (nSPS) is 12.2. The van der Waals surface area contributed by atoms with E-state index >= 15 is 0 Å². The van der Waals surface area contributed by atoms with Gasteiger partial charge in [-0.25, -0.2) is 0 Å². The van der Waals surface area contributed by atoms with Gasteiger partial charge in [0.1, 0.15) is 11.5 Å². The van der Waals surface area contributed by atoms with Gasteiger partial charge in [0, 0.05) is 13.0 Å². The van der Waals surface area contributed by atoms with Gasteiger partial charge in [-0.3, -0.25) is 9.59 Å². The van der Waals surface area contributed by atoms with E-state index in [1.54, 1.807) is 26.8 Å². The number of hydrogen-bond acceptors (Lipinski definition) is 3. The highest BCUT2D eigenvalue weighted by Crippen LogP contribution is 2.13. The van der Waals surface area contributed by atoms with Crippen LogP contribution in [-0.4, -0.2) is 23.5 Å². The molecular formula is C12H17NO4. The molecule has 0 fully saturated rings. The van der Waals surface area contributed by atoms with Crippen molar-refractivity contribution in [2.24, 2.45) is 5.92 Å². The van der Waals surface area contributed by atoms with Gasteiger partial charge in [-0.1, -0.05) is 6.92 Å². The van der Waals surface area contributed by atoms with Gasteiger partial charge in [-0.05, 0) is 25.8 Å². The van der Waals surface area contributed by atoms with E-state index in [0.717, 1.165) is 0 Å². The highest BCUT2D eigenvalue weighted by molar-refractivity contribution is 5.95. The maximum Gasteiger partial charge on any atom is 0.303 e. The molecule has 1 heterocycles. The minimum atomic E-state index is -0.859. The summed E-state index contributed by atoms with van der Waals surface area (Å²) in [7, 11) is 0. The monoisotopic (exact) mass is 239 g/mol. The van der Waals surface area contributed by atoms with Crippen LogP contribution < -0.4 is 5.32 Å². The van der Waals surface area contributed by atoms with Crippen LogP contribution >= 0.6 is 0 Å². The summed E-state index contributed by atoms with van der Waals surface area (Å²) in [6, 6.07) is 1.67. The zero-order chi connectivity index (χ0) is 13.0. The molecule has 5 nitrogen and oxygen atoms in total. The van der Waals surface area contributed by atoms with Crippen molar-refractivity contribution in [3.05, 3.63) is 23.2 Å². The molecule has 0 bridgehead atoms. The fraction of sp³-hybridized carbons (Fsp3) is 0.500. The molecule has 5 heteroatoms. The lowest BCUT2D eigenvalue weighted by Gasteiger charge is -2.09. The molecule has 0 spiro atoms. The van der Waals surface area contributed by atoms with Crippen LogP contribution in [0, 0.1) is 19.8 Å². The molecule has 0 aliphatic heterocycles. The predicted molar refractivity (Wildman–Crippen MR) is 61.9 cm³/mol. The number of carboxylic acids is 1. The molecule has 0 aliphatic rings. The quantitative estimate of drug-likeness (QED) is 0.820. The number of rotatable bonds is 5. The van der Waals surface area contributed by atoms with Crippen LogP contribution in [0.1, 0.15) is 35.2 Å². The number of aryl methyl sites for hydroxylation is 2. The summed E-state index contributed by atoms with van der Waals surface area (Å²) in [5, 5.41) is 11.3. The van der Waals surface area contributed by atoms with Crippen molar-refractivity contribution in [2.75, 3.05) is 6.54 Å². The summed E-state index contributed by atoms with van der Waals surface area (Å²) >= 11 is 0. The molecule has 1 amide bonds. The Bertz CT molecular complexity index is 422. The Balaban J connectivity index is 2.50. The lowest BCUT2D eigenvalue weighted by atomic mass is 10.1. The molecule has 1 rings (SSSR count). The molecule has 0 saturated heterocycles. The molecule has 0 aliphatic carbocycles.